The van der Waals surface area contributed by atoms with Crippen molar-refractivity contribution in [3.05, 3.63) is 75.8 Å². The minimum Gasteiger partial charge on any atom is -0.482 e. The van der Waals surface area contributed by atoms with Gasteiger partial charge in [0.1, 0.15) is 5.75 Å². The molecule has 0 fully saturated rings. The van der Waals surface area contributed by atoms with Crippen molar-refractivity contribution in [3.8, 4) is 5.75 Å². The maximum Gasteiger partial charge on any atom is 0.416 e. The average Bonchev–Trinajstić information content (AvgIpc) is 3.07. The number of hydrogen-bond acceptors (Lipinski definition) is 4. The molecule has 0 aliphatic carbocycles. The van der Waals surface area contributed by atoms with Crippen LogP contribution in [0.3, 0.4) is 0 Å². The van der Waals surface area contributed by atoms with E-state index >= 15 is 0 Å². The van der Waals surface area contributed by atoms with Crippen LogP contribution in [-0.4, -0.2) is 17.5 Å². The van der Waals surface area contributed by atoms with E-state index in [1.54, 1.807) is 30.3 Å². The van der Waals surface area contributed by atoms with Crippen molar-refractivity contribution in [2.75, 3.05) is 11.9 Å². The third kappa shape index (κ3) is 5.46. The fourth-order valence-electron chi connectivity index (χ4n) is 2.37. The highest BCUT2D eigenvalue weighted by Gasteiger charge is 2.30. The molecule has 1 heterocycles. The van der Waals surface area contributed by atoms with Crippen LogP contribution in [0.15, 0.2) is 54.7 Å². The monoisotopic (exact) mass is 426 g/mol. The number of benzene rings is 2. The Morgan fingerprint density at radius 3 is 2.71 bits per heavy atom. The van der Waals surface area contributed by atoms with E-state index in [0.29, 0.717) is 21.5 Å². The van der Waals surface area contributed by atoms with Crippen molar-refractivity contribution in [1.29, 1.82) is 0 Å². The lowest BCUT2D eigenvalue weighted by molar-refractivity contribution is -0.137. The number of aromatic nitrogens is 1. The maximum absolute atomic E-state index is 12.8. The second kappa shape index (κ2) is 8.62. The second-order valence-electron chi connectivity index (χ2n) is 5.77. The summed E-state index contributed by atoms with van der Waals surface area (Å²) in [5.74, 6) is -0.0245. The smallest absolute Gasteiger partial charge is 0.416 e. The molecule has 0 unspecified atom stereocenters. The molecule has 0 radical (unpaired) electrons. The highest BCUT2D eigenvalue weighted by molar-refractivity contribution is 7.15. The van der Waals surface area contributed by atoms with Crippen molar-refractivity contribution < 1.29 is 22.7 Å². The van der Waals surface area contributed by atoms with Gasteiger partial charge in [-0.25, -0.2) is 4.98 Å². The Labute approximate surface area is 167 Å². The number of para-hydroxylation sites is 1. The Balaban J connectivity index is 1.57. The minimum atomic E-state index is -4.38. The summed E-state index contributed by atoms with van der Waals surface area (Å²) in [6.07, 6.45) is -2.58. The van der Waals surface area contributed by atoms with Gasteiger partial charge in [0.25, 0.3) is 5.91 Å². The zero-order valence-corrected chi connectivity index (χ0v) is 15.9. The molecule has 0 saturated carbocycles. The van der Waals surface area contributed by atoms with Gasteiger partial charge in [0.2, 0.25) is 0 Å². The van der Waals surface area contributed by atoms with E-state index in [4.69, 9.17) is 16.3 Å². The van der Waals surface area contributed by atoms with Crippen LogP contribution in [0.4, 0.5) is 18.3 Å². The van der Waals surface area contributed by atoms with Crippen molar-refractivity contribution in [2.24, 2.45) is 0 Å². The molecule has 146 valence electrons. The standard InChI is InChI=1S/C19H14ClF3N2O2S/c20-15-6-1-2-7-16(15)27-11-17(26)25-18-24-10-14(28-18)9-12-4-3-5-13(8-12)19(21,22)23/h1-8,10H,9,11H2,(H,24,25,26). The largest absolute Gasteiger partial charge is 0.482 e. The highest BCUT2D eigenvalue weighted by Crippen LogP contribution is 2.30. The van der Waals surface area contributed by atoms with Crippen molar-refractivity contribution in [3.63, 3.8) is 0 Å². The van der Waals surface area contributed by atoms with Crippen molar-refractivity contribution in [2.45, 2.75) is 12.6 Å². The summed E-state index contributed by atoms with van der Waals surface area (Å²) in [4.78, 5) is 16.8. The molecule has 1 aromatic heterocycles. The first kappa shape index (κ1) is 20.2. The Morgan fingerprint density at radius 1 is 1.18 bits per heavy atom. The van der Waals surface area contributed by atoms with Gasteiger partial charge in [-0.3, -0.25) is 10.1 Å². The van der Waals surface area contributed by atoms with Gasteiger partial charge >= 0.3 is 6.18 Å². The van der Waals surface area contributed by atoms with Gasteiger partial charge in [0.15, 0.2) is 11.7 Å². The van der Waals surface area contributed by atoms with E-state index in [1.165, 1.54) is 23.6 Å². The third-order valence-electron chi connectivity index (χ3n) is 3.63. The molecule has 0 bridgehead atoms. The second-order valence-corrected chi connectivity index (χ2v) is 7.30. The number of rotatable bonds is 6. The number of alkyl halides is 3. The molecule has 4 nitrogen and oxygen atoms in total. The number of thiazole rings is 1. The van der Waals surface area contributed by atoms with Gasteiger partial charge in [-0.15, -0.1) is 11.3 Å². The Morgan fingerprint density at radius 2 is 1.96 bits per heavy atom. The number of ether oxygens (including phenoxy) is 1. The first-order chi connectivity index (χ1) is 13.3. The molecule has 0 saturated heterocycles. The Kier molecular flexibility index (Phi) is 6.21. The van der Waals surface area contributed by atoms with Crippen LogP contribution in [0.2, 0.25) is 5.02 Å². The van der Waals surface area contributed by atoms with Gasteiger partial charge in [0, 0.05) is 17.5 Å². The van der Waals surface area contributed by atoms with E-state index in [1.807, 2.05) is 0 Å². The van der Waals surface area contributed by atoms with Gasteiger partial charge < -0.3 is 4.74 Å². The van der Waals surface area contributed by atoms with E-state index in [-0.39, 0.29) is 13.0 Å². The summed E-state index contributed by atoms with van der Waals surface area (Å²) in [7, 11) is 0. The molecular formula is C19H14ClF3N2O2S. The quantitative estimate of drug-likeness (QED) is 0.572. The Bertz CT molecular complexity index is 976. The number of amides is 1. The van der Waals surface area contributed by atoms with Crippen LogP contribution in [-0.2, 0) is 17.4 Å². The summed E-state index contributed by atoms with van der Waals surface area (Å²) in [5.41, 5.74) is -0.182. The van der Waals surface area contributed by atoms with E-state index < -0.39 is 17.6 Å². The van der Waals surface area contributed by atoms with E-state index in [0.717, 1.165) is 17.0 Å². The first-order valence-corrected chi connectivity index (χ1v) is 9.29. The molecule has 1 amide bonds. The zero-order chi connectivity index (χ0) is 20.1. The van der Waals surface area contributed by atoms with Crippen molar-refractivity contribution >= 4 is 34.0 Å². The van der Waals surface area contributed by atoms with Crippen LogP contribution < -0.4 is 10.1 Å². The molecule has 0 aliphatic rings. The number of carbonyl (C=O) groups is 1. The Hall–Kier alpha value is -2.58. The van der Waals surface area contributed by atoms with Crippen molar-refractivity contribution in [1.82, 2.24) is 4.98 Å². The van der Waals surface area contributed by atoms with Crippen LogP contribution >= 0.6 is 22.9 Å². The molecule has 3 rings (SSSR count). The lowest BCUT2D eigenvalue weighted by Gasteiger charge is -2.08. The normalized spacial score (nSPS) is 11.3. The molecule has 9 heteroatoms. The molecule has 2 aromatic carbocycles. The highest BCUT2D eigenvalue weighted by atomic mass is 35.5. The summed E-state index contributed by atoms with van der Waals surface area (Å²) < 4.78 is 43.7. The predicted octanol–water partition coefficient (Wildman–Crippen LogP) is 5.42. The topological polar surface area (TPSA) is 51.2 Å². The maximum atomic E-state index is 12.8. The van der Waals surface area contributed by atoms with Gasteiger partial charge in [-0.2, -0.15) is 13.2 Å². The zero-order valence-electron chi connectivity index (χ0n) is 14.3. The van der Waals surface area contributed by atoms with Gasteiger partial charge in [0.05, 0.1) is 10.6 Å². The number of hydrogen-bond donors (Lipinski definition) is 1. The van der Waals surface area contributed by atoms with E-state index in [2.05, 4.69) is 10.3 Å². The lowest BCUT2D eigenvalue weighted by Crippen LogP contribution is -2.20. The number of anilines is 1. The SMILES string of the molecule is O=C(COc1ccccc1Cl)Nc1ncc(Cc2cccc(C(F)(F)F)c2)s1. The minimum absolute atomic E-state index is 0.244. The molecule has 1 N–H and O–H groups in total. The molecule has 0 atom stereocenters. The number of halogens is 4. The summed E-state index contributed by atoms with van der Waals surface area (Å²) in [6, 6.07) is 11.9. The molecule has 28 heavy (non-hydrogen) atoms. The molecule has 3 aromatic rings. The molecule has 0 aliphatic heterocycles. The summed E-state index contributed by atoms with van der Waals surface area (Å²) in [6.45, 7) is -0.244. The fraction of sp³-hybridized carbons (Fsp3) is 0.158. The lowest BCUT2D eigenvalue weighted by atomic mass is 10.1. The number of carbonyl (C=O) groups excluding carboxylic acids is 1. The molecular weight excluding hydrogens is 413 g/mol. The predicted molar refractivity (Wildman–Crippen MR) is 102 cm³/mol. The molecule has 0 spiro atoms. The van der Waals surface area contributed by atoms with Gasteiger partial charge in [-0.1, -0.05) is 41.9 Å². The van der Waals surface area contributed by atoms with Gasteiger partial charge in [-0.05, 0) is 23.8 Å². The summed E-state index contributed by atoms with van der Waals surface area (Å²) in [5, 5.41) is 3.33. The van der Waals surface area contributed by atoms with Crippen LogP contribution in [0, 0.1) is 0 Å². The number of nitrogens with zero attached hydrogens (tertiary/aromatic N) is 1. The van der Waals surface area contributed by atoms with E-state index in [9.17, 15) is 18.0 Å². The van der Waals surface area contributed by atoms with Crippen LogP contribution in [0.5, 0.6) is 5.75 Å². The third-order valence-corrected chi connectivity index (χ3v) is 4.85. The first-order valence-electron chi connectivity index (χ1n) is 8.09. The van der Waals surface area contributed by atoms with Crippen LogP contribution in [0.25, 0.3) is 0 Å². The fourth-order valence-corrected chi connectivity index (χ4v) is 3.42. The van der Waals surface area contributed by atoms with Crippen LogP contribution in [0.1, 0.15) is 16.0 Å². The average molecular weight is 427 g/mol. The summed E-state index contributed by atoms with van der Waals surface area (Å²) >= 11 is 7.14. The number of nitrogens with one attached hydrogen (secondary N) is 1.